The summed E-state index contributed by atoms with van der Waals surface area (Å²) in [6.07, 6.45) is -127. The third-order valence-corrected chi connectivity index (χ3v) is 27.2. The van der Waals surface area contributed by atoms with Crippen molar-refractivity contribution in [2.45, 2.75) is 382 Å². The minimum absolute atomic E-state index is 0.0679. The minimum atomic E-state index is -2.37. The highest BCUT2D eigenvalue weighted by atomic mass is 16.8. The third kappa shape index (κ3) is 22.3. The number of benzene rings is 1. The molecule has 34 N–H and O–H groups in total. The number of aliphatic hydroxyl groups is 34. The molecule has 60 heteroatoms. The van der Waals surface area contributed by atoms with Gasteiger partial charge in [-0.3, -0.25) is 0 Å². The maximum absolute atomic E-state index is 12.8. The first-order valence-electron chi connectivity index (χ1n) is 45.3. The fourth-order valence-corrected chi connectivity index (χ4v) is 19.4. The van der Waals surface area contributed by atoms with Crippen LogP contribution in [0, 0.1) is 0 Å². The number of hydrogen-bond donors (Lipinski definition) is 34. The van der Waals surface area contributed by atoms with Gasteiger partial charge in [0, 0.05) is 0 Å². The Morgan fingerprint density at radius 3 is 0.414 bits per heavy atom. The van der Waals surface area contributed by atoms with Crippen molar-refractivity contribution in [3.63, 3.8) is 0 Å². The van der Waals surface area contributed by atoms with E-state index in [-0.39, 0.29) is 11.1 Å². The Kier molecular flexibility index (Phi) is 38.0. The van der Waals surface area contributed by atoms with E-state index >= 15 is 0 Å². The maximum atomic E-state index is 12.8. The van der Waals surface area contributed by atoms with Crippen LogP contribution in [-0.4, -0.2) is 621 Å². The second-order valence-electron chi connectivity index (χ2n) is 36.1. The lowest BCUT2D eigenvalue weighted by atomic mass is 9.94. The van der Waals surface area contributed by atoms with Gasteiger partial charge in [-0.05, 0) is 11.1 Å². The molecule has 0 aliphatic carbocycles. The molecule has 44 heterocycles. The van der Waals surface area contributed by atoms with Crippen LogP contribution < -0.4 is 0 Å². The Morgan fingerprint density at radius 1 is 0.157 bits per heavy atom. The predicted molar refractivity (Wildman–Crippen MR) is 423 cm³/mol. The van der Waals surface area contributed by atoms with Crippen molar-refractivity contribution in [1.29, 1.82) is 0 Å². The summed E-state index contributed by atoms with van der Waals surface area (Å²) in [5.41, 5.74) is 0.136. The van der Waals surface area contributed by atoms with Gasteiger partial charge < -0.3 is 297 Å². The van der Waals surface area contributed by atoms with Crippen molar-refractivity contribution < 1.29 is 297 Å². The van der Waals surface area contributed by atoms with Gasteiger partial charge in [-0.2, -0.15) is 0 Å². The van der Waals surface area contributed by atoms with E-state index < -0.39 is 461 Å². The summed E-state index contributed by atoms with van der Waals surface area (Å²) in [6, 6.07) is 5.50. The van der Waals surface area contributed by atoms with Crippen LogP contribution >= 0.6 is 0 Å². The molecule has 60 atom stereocenters. The van der Waals surface area contributed by atoms with E-state index in [1.54, 1.807) is 0 Å². The van der Waals surface area contributed by atoms with E-state index in [1.165, 1.54) is 24.3 Å². The summed E-state index contributed by atoms with van der Waals surface area (Å²) in [6.45, 7) is -15.2. The molecule has 140 heavy (non-hydrogen) atoms. The smallest absolute Gasteiger partial charge is 0.187 e. The zero-order valence-corrected chi connectivity index (χ0v) is 73.7. The van der Waals surface area contributed by atoms with E-state index in [0.29, 0.717) is 0 Å². The van der Waals surface area contributed by atoms with Crippen LogP contribution in [-0.2, 0) is 136 Å². The van der Waals surface area contributed by atoms with Gasteiger partial charge in [0.15, 0.2) is 75.5 Å². The zero-order valence-electron chi connectivity index (χ0n) is 73.7. The number of aliphatic hydroxyl groups excluding tert-OH is 34. The molecular formula is C80H126O60. The van der Waals surface area contributed by atoms with Gasteiger partial charge in [-0.25, -0.2) is 0 Å². The molecule has 0 spiro atoms. The van der Waals surface area contributed by atoms with E-state index in [9.17, 15) is 174 Å². The summed E-state index contributed by atoms with van der Waals surface area (Å²) >= 11 is 0. The van der Waals surface area contributed by atoms with Gasteiger partial charge in [-0.15, -0.1) is 0 Å². The van der Waals surface area contributed by atoms with E-state index in [1.807, 2.05) is 0 Å². The lowest BCUT2D eigenvalue weighted by Gasteiger charge is -2.51. The Bertz CT molecular complexity index is 3690. The molecule has 60 nitrogen and oxygen atoms in total. The highest BCUT2D eigenvalue weighted by Gasteiger charge is 2.64. The minimum Gasteiger partial charge on any atom is -0.394 e. The lowest BCUT2D eigenvalue weighted by Crippen LogP contribution is -2.69. The molecule has 0 aromatic heterocycles. The van der Waals surface area contributed by atoms with Crippen LogP contribution in [0.4, 0.5) is 0 Å². The van der Waals surface area contributed by atoms with Crippen molar-refractivity contribution in [1.82, 2.24) is 0 Å². The molecule has 24 bridgehead atoms. The SMILES string of the molecule is OCC1OC2OC3C(CO)OC(OC4C(CO)OC(OC5C(CO)OC(OC6C(CO)OC(OC7C(CO)OC(OC1C(O)C2O)C(O)C7O)C(O)C6O)C(OCc1cccc(COC2C6OC(CO)C(OC7OC(CO)C(OC8OC(CO)C(OC9OC(CO)C(OC%10OC(CO)C(OC%11OC(CO)C(O6)C(O)C%11O)C(O)C%10O)C(O)C9O)C(O)C8O)C(O)C7O)C2O)c1)C5O)C(O)C4O)C(O)C3O. The lowest BCUT2D eigenvalue weighted by molar-refractivity contribution is -0.405. The number of hydrogen-bond acceptors (Lipinski definition) is 60. The molecule has 44 fully saturated rings. The van der Waals surface area contributed by atoms with Gasteiger partial charge in [0.2, 0.25) is 0 Å². The van der Waals surface area contributed by atoms with Gasteiger partial charge in [0.1, 0.15) is 293 Å². The first-order chi connectivity index (χ1) is 66.9. The van der Waals surface area contributed by atoms with Crippen LogP contribution in [0.5, 0.6) is 0 Å². The Morgan fingerprint density at radius 2 is 0.279 bits per heavy atom. The highest BCUT2D eigenvalue weighted by Crippen LogP contribution is 2.44. The maximum Gasteiger partial charge on any atom is 0.187 e. The molecule has 44 aliphatic heterocycles. The van der Waals surface area contributed by atoms with Gasteiger partial charge in [0.25, 0.3) is 0 Å². The topological polar surface area (TPSA) is 928 Å². The quantitative estimate of drug-likeness (QED) is 0.0649. The largest absolute Gasteiger partial charge is 0.394 e. The zero-order chi connectivity index (χ0) is 101. The molecule has 0 radical (unpaired) electrons. The van der Waals surface area contributed by atoms with Crippen LogP contribution in [0.15, 0.2) is 24.3 Å². The molecule has 45 rings (SSSR count). The normalized spacial score (nSPS) is 53.0. The van der Waals surface area contributed by atoms with E-state index in [0.717, 1.165) is 0 Å². The first kappa shape index (κ1) is 111. The molecule has 806 valence electrons. The number of ether oxygens (including phenoxy) is 26. The Balaban J connectivity index is 0.713. The molecule has 0 amide bonds. The predicted octanol–water partition coefficient (Wildman–Crippen LogP) is -23.3. The van der Waals surface area contributed by atoms with E-state index in [2.05, 4.69) is 0 Å². The average Bonchev–Trinajstić information content (AvgIpc) is 0.762. The average molecular weight is 2050 g/mol. The second-order valence-corrected chi connectivity index (χ2v) is 36.1. The van der Waals surface area contributed by atoms with Crippen molar-refractivity contribution in [3.05, 3.63) is 35.4 Å². The van der Waals surface area contributed by atoms with Crippen molar-refractivity contribution in [2.75, 3.05) is 79.3 Å². The summed E-state index contributed by atoms with van der Waals surface area (Å²) in [5.74, 6) is 0. The molecule has 1 aromatic carbocycles. The number of rotatable bonds is 18. The van der Waals surface area contributed by atoms with E-state index in [4.69, 9.17) is 123 Å². The monoisotopic (exact) mass is 2050 g/mol. The molecule has 44 aliphatic rings. The molecule has 44 saturated heterocycles. The summed E-state index contributed by atoms with van der Waals surface area (Å²) in [5, 5.41) is 389. The standard InChI is InChI=1S/C80H126O60/c81-5-21-55-33(93)43(103)69(117-21)129-57-23(7-83)119-73(45(105)35(57)95)133-61-27(11-87)123-77(49(109)39(61)99)137-65-31(15-91)127-79(139-63-29(13-89)125-75(51(111)41(63)101)135-59-25(9-85)121-71(131-55)47(107)37(59)97)67(53(65)113)115-17-19-2-1-3-20(4-19)18-116-68-54(114)66-32(16-92)128-80(68)140-64-30(14-90)126-76(52(112)42(64)102)136-60-26(10-86)122-72(48(108)38(60)98)132-56-22(6-82)118-70(44(104)34(56)94)130-58-24(8-84)120-74(46(106)36(58)96)134-62-28(12-88)124-78(138-66)50(110)40(62)100/h1-4,21-114H,5-18H2. The van der Waals surface area contributed by atoms with Crippen molar-refractivity contribution >= 4 is 0 Å². The fraction of sp³-hybridized carbons (Fsp3) is 0.925. The van der Waals surface area contributed by atoms with Crippen LogP contribution in [0.3, 0.4) is 0 Å². The second kappa shape index (κ2) is 48.0. The Hall–Kier alpha value is -3.18. The van der Waals surface area contributed by atoms with Crippen LogP contribution in [0.1, 0.15) is 11.1 Å². The van der Waals surface area contributed by atoms with Gasteiger partial charge in [-0.1, -0.05) is 24.3 Å². The first-order valence-corrected chi connectivity index (χ1v) is 45.3. The van der Waals surface area contributed by atoms with Crippen LogP contribution in [0.25, 0.3) is 0 Å². The summed E-state index contributed by atoms with van der Waals surface area (Å²) in [7, 11) is 0. The third-order valence-electron chi connectivity index (χ3n) is 27.2. The summed E-state index contributed by atoms with van der Waals surface area (Å²) in [4.78, 5) is 0. The Labute approximate surface area is 790 Å². The van der Waals surface area contributed by atoms with Crippen LogP contribution in [0.2, 0.25) is 0 Å². The molecular weight excluding hydrogens is 1920 g/mol. The van der Waals surface area contributed by atoms with Gasteiger partial charge in [0.05, 0.1) is 92.5 Å². The fourth-order valence-electron chi connectivity index (χ4n) is 19.4. The molecule has 0 saturated carbocycles. The summed E-state index contributed by atoms with van der Waals surface area (Å²) < 4.78 is 155. The highest BCUT2D eigenvalue weighted by molar-refractivity contribution is 5.23. The molecule has 60 unspecified atom stereocenters. The molecule has 1 aromatic rings. The van der Waals surface area contributed by atoms with Crippen molar-refractivity contribution in [2.24, 2.45) is 0 Å². The van der Waals surface area contributed by atoms with Gasteiger partial charge >= 0.3 is 0 Å². The van der Waals surface area contributed by atoms with Crippen molar-refractivity contribution in [3.8, 4) is 0 Å².